The van der Waals surface area contributed by atoms with Gasteiger partial charge in [-0.2, -0.15) is 0 Å². The standard InChI is InChI=1S/C14H14O2/c1-9-4-6-12(7-5-9)14-13(11(3)15)8-10(2)16-14/h4-8H,1-3H3. The highest BCUT2D eigenvalue weighted by Gasteiger charge is 2.14. The second-order valence-corrected chi connectivity index (χ2v) is 4.02. The van der Waals surface area contributed by atoms with E-state index in [0.29, 0.717) is 11.3 Å². The van der Waals surface area contributed by atoms with E-state index in [-0.39, 0.29) is 5.78 Å². The van der Waals surface area contributed by atoms with Crippen LogP contribution in [-0.2, 0) is 0 Å². The minimum atomic E-state index is 0.0347. The van der Waals surface area contributed by atoms with Crippen molar-refractivity contribution >= 4 is 5.78 Å². The van der Waals surface area contributed by atoms with Crippen LogP contribution in [-0.4, -0.2) is 5.78 Å². The molecule has 1 heterocycles. The van der Waals surface area contributed by atoms with Crippen LogP contribution >= 0.6 is 0 Å². The third kappa shape index (κ3) is 1.91. The zero-order chi connectivity index (χ0) is 11.7. The zero-order valence-corrected chi connectivity index (χ0v) is 9.70. The van der Waals surface area contributed by atoms with Crippen LogP contribution < -0.4 is 0 Å². The molecule has 0 aliphatic heterocycles. The molecule has 0 unspecified atom stereocenters. The lowest BCUT2D eigenvalue weighted by atomic mass is 10.1. The maximum atomic E-state index is 11.5. The minimum absolute atomic E-state index is 0.0347. The van der Waals surface area contributed by atoms with Gasteiger partial charge >= 0.3 is 0 Å². The van der Waals surface area contributed by atoms with Crippen molar-refractivity contribution in [3.63, 3.8) is 0 Å². The minimum Gasteiger partial charge on any atom is -0.461 e. The van der Waals surface area contributed by atoms with E-state index >= 15 is 0 Å². The number of carbonyl (C=O) groups is 1. The van der Waals surface area contributed by atoms with Gasteiger partial charge in [0.05, 0.1) is 5.56 Å². The Morgan fingerprint density at radius 3 is 2.31 bits per heavy atom. The van der Waals surface area contributed by atoms with Gasteiger partial charge in [0, 0.05) is 5.56 Å². The molecule has 0 aliphatic rings. The Labute approximate surface area is 94.9 Å². The summed E-state index contributed by atoms with van der Waals surface area (Å²) in [5.74, 6) is 1.47. The lowest BCUT2D eigenvalue weighted by Gasteiger charge is -2.00. The van der Waals surface area contributed by atoms with Gasteiger partial charge in [-0.1, -0.05) is 29.8 Å². The second kappa shape index (κ2) is 3.97. The van der Waals surface area contributed by atoms with Gasteiger partial charge in [-0.3, -0.25) is 4.79 Å². The topological polar surface area (TPSA) is 30.2 Å². The molecule has 2 rings (SSSR count). The predicted octanol–water partition coefficient (Wildman–Crippen LogP) is 3.77. The molecule has 0 N–H and O–H groups in total. The van der Waals surface area contributed by atoms with Crippen molar-refractivity contribution in [3.8, 4) is 11.3 Å². The first kappa shape index (κ1) is 10.7. The van der Waals surface area contributed by atoms with Crippen molar-refractivity contribution in [2.24, 2.45) is 0 Å². The molecule has 2 aromatic rings. The van der Waals surface area contributed by atoms with Crippen molar-refractivity contribution in [3.05, 3.63) is 47.2 Å². The molecule has 0 amide bonds. The average molecular weight is 214 g/mol. The molecule has 2 heteroatoms. The monoisotopic (exact) mass is 214 g/mol. The van der Waals surface area contributed by atoms with E-state index in [1.807, 2.05) is 38.1 Å². The summed E-state index contributed by atoms with van der Waals surface area (Å²) in [5, 5.41) is 0. The Balaban J connectivity index is 2.55. The van der Waals surface area contributed by atoms with Crippen LogP contribution in [0.2, 0.25) is 0 Å². The van der Waals surface area contributed by atoms with Gasteiger partial charge in [-0.15, -0.1) is 0 Å². The summed E-state index contributed by atoms with van der Waals surface area (Å²) >= 11 is 0. The first-order valence-corrected chi connectivity index (χ1v) is 5.26. The molecular formula is C14H14O2. The summed E-state index contributed by atoms with van der Waals surface area (Å²) in [6.07, 6.45) is 0. The number of furan rings is 1. The van der Waals surface area contributed by atoms with Gasteiger partial charge in [-0.25, -0.2) is 0 Å². The second-order valence-electron chi connectivity index (χ2n) is 4.02. The number of rotatable bonds is 2. The van der Waals surface area contributed by atoms with E-state index in [0.717, 1.165) is 11.3 Å². The number of aryl methyl sites for hydroxylation is 2. The molecule has 0 fully saturated rings. The maximum Gasteiger partial charge on any atom is 0.163 e. The maximum absolute atomic E-state index is 11.5. The molecule has 1 aromatic carbocycles. The number of Topliss-reactive ketones (excluding diaryl/α,β-unsaturated/α-hetero) is 1. The molecule has 0 radical (unpaired) electrons. The third-order valence-electron chi connectivity index (χ3n) is 2.55. The molecule has 16 heavy (non-hydrogen) atoms. The van der Waals surface area contributed by atoms with Gasteiger partial charge in [-0.05, 0) is 26.8 Å². The van der Waals surface area contributed by atoms with E-state index in [1.54, 1.807) is 13.0 Å². The van der Waals surface area contributed by atoms with Crippen molar-refractivity contribution < 1.29 is 9.21 Å². The van der Waals surface area contributed by atoms with Gasteiger partial charge < -0.3 is 4.42 Å². The van der Waals surface area contributed by atoms with E-state index in [2.05, 4.69) is 0 Å². The normalized spacial score (nSPS) is 10.4. The molecule has 1 aromatic heterocycles. The zero-order valence-electron chi connectivity index (χ0n) is 9.70. The number of hydrogen-bond acceptors (Lipinski definition) is 2. The summed E-state index contributed by atoms with van der Waals surface area (Å²) in [4.78, 5) is 11.5. The van der Waals surface area contributed by atoms with Crippen LogP contribution in [0.15, 0.2) is 34.7 Å². The van der Waals surface area contributed by atoms with Crippen LogP contribution in [0, 0.1) is 13.8 Å². The number of ketones is 1. The van der Waals surface area contributed by atoms with Crippen LogP contribution in [0.1, 0.15) is 28.6 Å². The quantitative estimate of drug-likeness (QED) is 0.712. The highest BCUT2D eigenvalue weighted by Crippen LogP contribution is 2.27. The molecule has 0 bridgehead atoms. The van der Waals surface area contributed by atoms with Gasteiger partial charge in [0.25, 0.3) is 0 Å². The molecular weight excluding hydrogens is 200 g/mol. The molecule has 0 atom stereocenters. The Morgan fingerprint density at radius 1 is 1.12 bits per heavy atom. The summed E-state index contributed by atoms with van der Waals surface area (Å²) in [7, 11) is 0. The molecule has 0 aliphatic carbocycles. The summed E-state index contributed by atoms with van der Waals surface area (Å²) in [5.41, 5.74) is 2.79. The number of carbonyl (C=O) groups excluding carboxylic acids is 1. The van der Waals surface area contributed by atoms with Crippen molar-refractivity contribution in [2.45, 2.75) is 20.8 Å². The predicted molar refractivity (Wildman–Crippen MR) is 63.6 cm³/mol. The van der Waals surface area contributed by atoms with E-state index in [4.69, 9.17) is 4.42 Å². The Hall–Kier alpha value is -1.83. The molecule has 0 spiro atoms. The van der Waals surface area contributed by atoms with E-state index < -0.39 is 0 Å². The summed E-state index contributed by atoms with van der Waals surface area (Å²) in [6.45, 7) is 5.44. The molecule has 2 nitrogen and oxygen atoms in total. The smallest absolute Gasteiger partial charge is 0.163 e. The lowest BCUT2D eigenvalue weighted by Crippen LogP contribution is -1.91. The average Bonchev–Trinajstić information content (AvgIpc) is 2.61. The molecule has 82 valence electrons. The van der Waals surface area contributed by atoms with E-state index in [1.165, 1.54) is 5.56 Å². The van der Waals surface area contributed by atoms with Crippen LogP contribution in [0.5, 0.6) is 0 Å². The fourth-order valence-electron chi connectivity index (χ4n) is 1.70. The Morgan fingerprint density at radius 2 is 1.75 bits per heavy atom. The summed E-state index contributed by atoms with van der Waals surface area (Å²) in [6, 6.07) is 9.76. The fourth-order valence-corrected chi connectivity index (χ4v) is 1.70. The van der Waals surface area contributed by atoms with Crippen LogP contribution in [0.25, 0.3) is 11.3 Å². The first-order valence-electron chi connectivity index (χ1n) is 5.26. The molecule has 0 saturated carbocycles. The van der Waals surface area contributed by atoms with Crippen LogP contribution in [0.4, 0.5) is 0 Å². The Bertz CT molecular complexity index is 518. The van der Waals surface area contributed by atoms with Gasteiger partial charge in [0.15, 0.2) is 5.78 Å². The van der Waals surface area contributed by atoms with Crippen LogP contribution in [0.3, 0.4) is 0 Å². The van der Waals surface area contributed by atoms with Gasteiger partial charge in [0.2, 0.25) is 0 Å². The third-order valence-corrected chi connectivity index (χ3v) is 2.55. The van der Waals surface area contributed by atoms with E-state index in [9.17, 15) is 4.79 Å². The first-order chi connectivity index (χ1) is 7.58. The summed E-state index contributed by atoms with van der Waals surface area (Å²) < 4.78 is 5.58. The lowest BCUT2D eigenvalue weighted by molar-refractivity contribution is 0.101. The largest absolute Gasteiger partial charge is 0.461 e. The fraction of sp³-hybridized carbons (Fsp3) is 0.214. The highest BCUT2D eigenvalue weighted by molar-refractivity contribution is 5.99. The Kier molecular flexibility index (Phi) is 2.65. The SMILES string of the molecule is CC(=O)c1cc(C)oc1-c1ccc(C)cc1. The van der Waals surface area contributed by atoms with Crippen molar-refractivity contribution in [1.29, 1.82) is 0 Å². The van der Waals surface area contributed by atoms with Gasteiger partial charge in [0.1, 0.15) is 11.5 Å². The molecule has 0 saturated heterocycles. The highest BCUT2D eigenvalue weighted by atomic mass is 16.3. The number of benzene rings is 1. The number of hydrogen-bond donors (Lipinski definition) is 0. The van der Waals surface area contributed by atoms with Crippen molar-refractivity contribution in [1.82, 2.24) is 0 Å². The van der Waals surface area contributed by atoms with Crippen molar-refractivity contribution in [2.75, 3.05) is 0 Å².